The molecule has 0 aliphatic carbocycles. The normalized spacial score (nSPS) is 12.3. The molecule has 0 saturated heterocycles. The average Bonchev–Trinajstić information content (AvgIpc) is 3.34. The van der Waals surface area contributed by atoms with Gasteiger partial charge in [-0.05, 0) is 57.4 Å². The number of nitrogens with zero attached hydrogens (tertiary/aromatic N) is 4. The van der Waals surface area contributed by atoms with Crippen molar-refractivity contribution in [3.05, 3.63) is 77.0 Å². The van der Waals surface area contributed by atoms with E-state index in [1.807, 2.05) is 41.9 Å². The van der Waals surface area contributed by atoms with E-state index in [0.717, 1.165) is 22.4 Å². The van der Waals surface area contributed by atoms with Gasteiger partial charge in [0.1, 0.15) is 5.67 Å². The van der Waals surface area contributed by atoms with Crippen LogP contribution in [0.1, 0.15) is 50.1 Å². The Morgan fingerprint density at radius 2 is 1.72 bits per heavy atom. The van der Waals surface area contributed by atoms with Crippen molar-refractivity contribution in [1.82, 2.24) is 19.9 Å². The average molecular weight is 435 g/mol. The zero-order valence-corrected chi connectivity index (χ0v) is 18.9. The van der Waals surface area contributed by atoms with E-state index in [4.69, 9.17) is 4.52 Å². The van der Waals surface area contributed by atoms with Crippen molar-refractivity contribution >= 4 is 0 Å². The van der Waals surface area contributed by atoms with E-state index in [1.54, 1.807) is 38.1 Å². The van der Waals surface area contributed by atoms with E-state index >= 15 is 0 Å². The fraction of sp³-hybridized carbons (Fsp3) is 0.320. The summed E-state index contributed by atoms with van der Waals surface area (Å²) in [5.41, 5.74) is 2.44. The van der Waals surface area contributed by atoms with Crippen molar-refractivity contribution in [2.45, 2.75) is 52.4 Å². The number of hydrogen-bond acceptors (Lipinski definition) is 5. The highest BCUT2D eigenvalue weighted by Crippen LogP contribution is 2.28. The van der Waals surface area contributed by atoms with Crippen LogP contribution in [0.5, 0.6) is 0 Å². The molecule has 4 aromatic rings. The predicted octanol–water partition coefficient (Wildman–Crippen LogP) is 5.39. The molecule has 1 N–H and O–H groups in total. The molecule has 2 heterocycles. The van der Waals surface area contributed by atoms with Crippen LogP contribution in [0.15, 0.2) is 59.1 Å². The third-order valence-corrected chi connectivity index (χ3v) is 5.42. The minimum absolute atomic E-state index is 0.321. The number of aryl methyl sites for hydroxylation is 1. The van der Waals surface area contributed by atoms with Crippen molar-refractivity contribution < 1.29 is 14.0 Å². The molecule has 6 nitrogen and oxygen atoms in total. The van der Waals surface area contributed by atoms with Gasteiger partial charge in [-0.25, -0.2) is 4.39 Å². The maximum absolute atomic E-state index is 14.1. The second-order valence-electron chi connectivity index (χ2n) is 9.06. The number of aliphatic hydroxyl groups is 1. The number of hydrogen-bond donors (Lipinski definition) is 1. The standard InChI is InChI=1S/C25H27FN4O2/c1-16-13-21(28-30(16)15-17-7-6-8-20(14-17)25(4,5)31)23-27-22(29-32-23)18-9-11-19(12-10-18)24(2,3)26/h6-14,31H,15H2,1-5H3. The molecule has 0 amide bonds. The Morgan fingerprint density at radius 3 is 2.38 bits per heavy atom. The van der Waals surface area contributed by atoms with E-state index in [-0.39, 0.29) is 0 Å². The van der Waals surface area contributed by atoms with Crippen LogP contribution in [0.4, 0.5) is 4.39 Å². The largest absolute Gasteiger partial charge is 0.386 e. The number of alkyl halides is 1. The Morgan fingerprint density at radius 1 is 1.00 bits per heavy atom. The molecule has 2 aromatic carbocycles. The van der Waals surface area contributed by atoms with Crippen molar-refractivity contribution in [3.63, 3.8) is 0 Å². The van der Waals surface area contributed by atoms with E-state index < -0.39 is 11.3 Å². The first-order valence-electron chi connectivity index (χ1n) is 10.5. The number of halogens is 1. The molecule has 0 fully saturated rings. The van der Waals surface area contributed by atoms with Crippen molar-refractivity contribution in [3.8, 4) is 23.0 Å². The van der Waals surface area contributed by atoms with Gasteiger partial charge >= 0.3 is 0 Å². The van der Waals surface area contributed by atoms with Gasteiger partial charge in [0.2, 0.25) is 5.82 Å². The Balaban J connectivity index is 1.56. The van der Waals surface area contributed by atoms with E-state index in [1.165, 1.54) is 13.8 Å². The molecule has 0 bridgehead atoms. The maximum Gasteiger partial charge on any atom is 0.278 e. The Hall–Kier alpha value is -3.32. The lowest BCUT2D eigenvalue weighted by Gasteiger charge is -2.18. The molecular formula is C25H27FN4O2. The lowest BCUT2D eigenvalue weighted by Crippen LogP contribution is -2.16. The molecular weight excluding hydrogens is 407 g/mol. The summed E-state index contributed by atoms with van der Waals surface area (Å²) in [5.74, 6) is 0.746. The van der Waals surface area contributed by atoms with Crippen molar-refractivity contribution in [2.75, 3.05) is 0 Å². The molecule has 4 rings (SSSR count). The summed E-state index contributed by atoms with van der Waals surface area (Å²) in [5, 5.41) is 19.0. The number of benzene rings is 2. The van der Waals surface area contributed by atoms with Crippen LogP contribution >= 0.6 is 0 Å². The van der Waals surface area contributed by atoms with Crippen LogP contribution in [-0.4, -0.2) is 25.0 Å². The highest BCUT2D eigenvalue weighted by molar-refractivity contribution is 5.58. The molecule has 0 saturated carbocycles. The minimum Gasteiger partial charge on any atom is -0.386 e. The van der Waals surface area contributed by atoms with Crippen LogP contribution < -0.4 is 0 Å². The molecule has 0 atom stereocenters. The van der Waals surface area contributed by atoms with Crippen molar-refractivity contribution in [1.29, 1.82) is 0 Å². The number of rotatable bonds is 6. The highest BCUT2D eigenvalue weighted by Gasteiger charge is 2.20. The van der Waals surface area contributed by atoms with E-state index in [0.29, 0.717) is 29.5 Å². The van der Waals surface area contributed by atoms with Crippen LogP contribution in [0, 0.1) is 6.92 Å². The summed E-state index contributed by atoms with van der Waals surface area (Å²) >= 11 is 0. The van der Waals surface area contributed by atoms with Gasteiger partial charge in [-0.3, -0.25) is 4.68 Å². The third kappa shape index (κ3) is 4.62. The fourth-order valence-corrected chi connectivity index (χ4v) is 3.46. The monoisotopic (exact) mass is 434 g/mol. The lowest BCUT2D eigenvalue weighted by molar-refractivity contribution is 0.0785. The zero-order valence-electron chi connectivity index (χ0n) is 18.9. The van der Waals surface area contributed by atoms with Gasteiger partial charge in [0.15, 0.2) is 5.69 Å². The van der Waals surface area contributed by atoms with Gasteiger partial charge in [0.25, 0.3) is 5.89 Å². The van der Waals surface area contributed by atoms with E-state index in [9.17, 15) is 9.50 Å². The quantitative estimate of drug-likeness (QED) is 0.440. The molecule has 32 heavy (non-hydrogen) atoms. The molecule has 2 aromatic heterocycles. The smallest absolute Gasteiger partial charge is 0.278 e. The summed E-state index contributed by atoms with van der Waals surface area (Å²) in [6, 6.07) is 16.7. The summed E-state index contributed by atoms with van der Waals surface area (Å²) in [6.45, 7) is 9.09. The van der Waals surface area contributed by atoms with Crippen LogP contribution in [0.25, 0.3) is 23.0 Å². The minimum atomic E-state index is -1.41. The van der Waals surface area contributed by atoms with Crippen molar-refractivity contribution in [2.24, 2.45) is 0 Å². The summed E-state index contributed by atoms with van der Waals surface area (Å²) in [4.78, 5) is 4.47. The summed E-state index contributed by atoms with van der Waals surface area (Å²) < 4.78 is 21.4. The predicted molar refractivity (Wildman–Crippen MR) is 121 cm³/mol. The SMILES string of the molecule is Cc1cc(-c2nc(-c3ccc(C(C)(C)F)cc3)no2)nn1Cc1cccc(C(C)(C)O)c1. The van der Waals surface area contributed by atoms with Gasteiger partial charge in [0.05, 0.1) is 12.1 Å². The first-order valence-corrected chi connectivity index (χ1v) is 10.5. The van der Waals surface area contributed by atoms with Crippen LogP contribution in [0.3, 0.4) is 0 Å². The topological polar surface area (TPSA) is 77.0 Å². The van der Waals surface area contributed by atoms with E-state index in [2.05, 4.69) is 15.2 Å². The van der Waals surface area contributed by atoms with Crippen LogP contribution in [-0.2, 0) is 17.8 Å². The Bertz CT molecular complexity index is 1230. The first-order chi connectivity index (χ1) is 15.0. The molecule has 166 valence electrons. The second-order valence-corrected chi connectivity index (χ2v) is 9.06. The second kappa shape index (κ2) is 7.98. The van der Waals surface area contributed by atoms with Gasteiger partial charge in [0, 0.05) is 11.3 Å². The van der Waals surface area contributed by atoms with Gasteiger partial charge in [-0.15, -0.1) is 0 Å². The summed E-state index contributed by atoms with van der Waals surface area (Å²) in [6.07, 6.45) is 0. The van der Waals surface area contributed by atoms with Crippen LogP contribution in [0.2, 0.25) is 0 Å². The van der Waals surface area contributed by atoms with Gasteiger partial charge in [-0.1, -0.05) is 53.7 Å². The maximum atomic E-state index is 14.1. The first kappa shape index (κ1) is 21.9. The molecule has 0 aliphatic rings. The molecule has 7 heteroatoms. The Labute approximate surface area is 186 Å². The highest BCUT2D eigenvalue weighted by atomic mass is 19.1. The molecule has 0 radical (unpaired) electrons. The third-order valence-electron chi connectivity index (χ3n) is 5.42. The van der Waals surface area contributed by atoms with Gasteiger partial charge in [-0.2, -0.15) is 10.1 Å². The molecule has 0 unspecified atom stereocenters. The zero-order chi connectivity index (χ0) is 23.1. The molecule has 0 spiro atoms. The molecule has 0 aliphatic heterocycles. The number of aromatic nitrogens is 4. The summed E-state index contributed by atoms with van der Waals surface area (Å²) in [7, 11) is 0. The fourth-order valence-electron chi connectivity index (χ4n) is 3.46. The van der Waals surface area contributed by atoms with Gasteiger partial charge < -0.3 is 9.63 Å². The lowest BCUT2D eigenvalue weighted by atomic mass is 9.96. The Kier molecular flexibility index (Phi) is 5.46.